The molecule has 2 aromatic rings. The summed E-state index contributed by atoms with van der Waals surface area (Å²) in [7, 11) is 0. The molecule has 0 unspecified atom stereocenters. The van der Waals surface area contributed by atoms with Gasteiger partial charge in [-0.05, 0) is 18.2 Å². The Kier molecular flexibility index (Phi) is 4.71. The van der Waals surface area contributed by atoms with Gasteiger partial charge < -0.3 is 20.1 Å². The molecule has 0 spiro atoms. The first-order valence-corrected chi connectivity index (χ1v) is 7.70. The second kappa shape index (κ2) is 6.90. The van der Waals surface area contributed by atoms with E-state index < -0.39 is 0 Å². The van der Waals surface area contributed by atoms with Gasteiger partial charge in [-0.2, -0.15) is 0 Å². The maximum absolute atomic E-state index is 6.18. The fourth-order valence-corrected chi connectivity index (χ4v) is 2.67. The van der Waals surface area contributed by atoms with Gasteiger partial charge in [0.15, 0.2) is 0 Å². The number of rotatable bonds is 4. The first-order valence-electron chi connectivity index (χ1n) is 7.32. The van der Waals surface area contributed by atoms with E-state index in [2.05, 4.69) is 4.90 Å². The van der Waals surface area contributed by atoms with Gasteiger partial charge in [-0.1, -0.05) is 29.8 Å². The van der Waals surface area contributed by atoms with Gasteiger partial charge >= 0.3 is 0 Å². The molecule has 1 fully saturated rings. The van der Waals surface area contributed by atoms with Crippen LogP contribution in [0.4, 0.5) is 11.4 Å². The van der Waals surface area contributed by atoms with E-state index in [-0.39, 0.29) is 0 Å². The van der Waals surface area contributed by atoms with Crippen LogP contribution in [0.2, 0.25) is 5.02 Å². The van der Waals surface area contributed by atoms with Crippen LogP contribution in [0.25, 0.3) is 0 Å². The number of nitrogens with two attached hydrogens (primary N) is 1. The molecule has 1 aliphatic rings. The van der Waals surface area contributed by atoms with Crippen molar-refractivity contribution in [3.05, 3.63) is 53.1 Å². The zero-order valence-corrected chi connectivity index (χ0v) is 13.1. The molecule has 0 atom stereocenters. The molecular weight excluding hydrogens is 300 g/mol. The predicted molar refractivity (Wildman–Crippen MR) is 89.7 cm³/mol. The number of anilines is 2. The van der Waals surface area contributed by atoms with Crippen LogP contribution in [-0.4, -0.2) is 26.3 Å². The summed E-state index contributed by atoms with van der Waals surface area (Å²) in [5.41, 5.74) is 8.60. The van der Waals surface area contributed by atoms with Gasteiger partial charge in [-0.3, -0.25) is 0 Å². The largest absolute Gasteiger partial charge is 0.487 e. The van der Waals surface area contributed by atoms with E-state index in [0.29, 0.717) is 17.3 Å². The third-order valence-electron chi connectivity index (χ3n) is 3.68. The van der Waals surface area contributed by atoms with Gasteiger partial charge in [0.25, 0.3) is 0 Å². The summed E-state index contributed by atoms with van der Waals surface area (Å²) in [5, 5.41) is 0.708. The summed E-state index contributed by atoms with van der Waals surface area (Å²) in [6.45, 7) is 3.59. The van der Waals surface area contributed by atoms with Crippen LogP contribution in [0.1, 0.15) is 5.56 Å². The number of ether oxygens (including phenoxy) is 2. The molecule has 4 nitrogen and oxygen atoms in total. The van der Waals surface area contributed by atoms with Crippen molar-refractivity contribution in [2.24, 2.45) is 0 Å². The number of hydrogen-bond donors (Lipinski definition) is 1. The highest BCUT2D eigenvalue weighted by atomic mass is 35.5. The Morgan fingerprint density at radius 3 is 2.68 bits per heavy atom. The monoisotopic (exact) mass is 318 g/mol. The number of nitrogen functional groups attached to an aromatic ring is 1. The van der Waals surface area contributed by atoms with E-state index in [1.807, 2.05) is 42.5 Å². The lowest BCUT2D eigenvalue weighted by molar-refractivity contribution is 0.122. The first kappa shape index (κ1) is 15.0. The maximum Gasteiger partial charge on any atom is 0.145 e. The predicted octanol–water partition coefficient (Wildman–Crippen LogP) is 3.34. The Morgan fingerprint density at radius 2 is 1.91 bits per heavy atom. The standard InChI is InChI=1S/C17H19ClN2O2/c18-15-4-2-1-3-13(15)12-22-17-11-14(19)5-6-16(17)20-7-9-21-10-8-20/h1-6,11H,7-10,12,19H2. The molecule has 1 heterocycles. The zero-order chi connectivity index (χ0) is 15.4. The molecule has 0 aromatic heterocycles. The molecule has 2 N–H and O–H groups in total. The minimum atomic E-state index is 0.417. The van der Waals surface area contributed by atoms with Crippen LogP contribution in [0.15, 0.2) is 42.5 Å². The fraction of sp³-hybridized carbons (Fsp3) is 0.294. The Hall–Kier alpha value is -1.91. The van der Waals surface area contributed by atoms with Gasteiger partial charge in [-0.25, -0.2) is 0 Å². The Balaban J connectivity index is 1.79. The van der Waals surface area contributed by atoms with E-state index in [9.17, 15) is 0 Å². The fourth-order valence-electron chi connectivity index (χ4n) is 2.48. The highest BCUT2D eigenvalue weighted by molar-refractivity contribution is 6.31. The summed E-state index contributed by atoms with van der Waals surface area (Å²) < 4.78 is 11.4. The van der Waals surface area contributed by atoms with Gasteiger partial charge in [0.05, 0.1) is 18.9 Å². The lowest BCUT2D eigenvalue weighted by Gasteiger charge is -2.30. The molecule has 3 rings (SSSR count). The van der Waals surface area contributed by atoms with Crippen molar-refractivity contribution in [1.29, 1.82) is 0 Å². The highest BCUT2D eigenvalue weighted by Gasteiger charge is 2.16. The van der Waals surface area contributed by atoms with Crippen molar-refractivity contribution in [3.8, 4) is 5.75 Å². The Morgan fingerprint density at radius 1 is 1.14 bits per heavy atom. The Labute approximate surface area is 135 Å². The lowest BCUT2D eigenvalue weighted by Crippen LogP contribution is -2.36. The second-order valence-electron chi connectivity index (χ2n) is 5.21. The average Bonchev–Trinajstić information content (AvgIpc) is 2.55. The van der Waals surface area contributed by atoms with Crippen molar-refractivity contribution in [3.63, 3.8) is 0 Å². The molecule has 1 aliphatic heterocycles. The van der Waals surface area contributed by atoms with E-state index in [0.717, 1.165) is 43.3 Å². The summed E-state index contributed by atoms with van der Waals surface area (Å²) >= 11 is 6.18. The molecule has 1 saturated heterocycles. The topological polar surface area (TPSA) is 47.7 Å². The van der Waals surface area contributed by atoms with Crippen molar-refractivity contribution in [1.82, 2.24) is 0 Å². The maximum atomic E-state index is 6.18. The van der Waals surface area contributed by atoms with Crippen LogP contribution in [0.3, 0.4) is 0 Å². The van der Waals surface area contributed by atoms with Gasteiger partial charge in [0.2, 0.25) is 0 Å². The SMILES string of the molecule is Nc1ccc(N2CCOCC2)c(OCc2ccccc2Cl)c1. The van der Waals surface area contributed by atoms with Crippen molar-refractivity contribution < 1.29 is 9.47 Å². The van der Waals surface area contributed by atoms with Gasteiger partial charge in [0.1, 0.15) is 12.4 Å². The van der Waals surface area contributed by atoms with Gasteiger partial charge in [0, 0.05) is 35.4 Å². The molecule has 116 valence electrons. The minimum absolute atomic E-state index is 0.417. The van der Waals surface area contributed by atoms with Crippen LogP contribution in [0, 0.1) is 0 Å². The van der Waals surface area contributed by atoms with Crippen LogP contribution in [-0.2, 0) is 11.3 Å². The normalized spacial score (nSPS) is 14.9. The summed E-state index contributed by atoms with van der Waals surface area (Å²) in [5.74, 6) is 0.779. The molecule has 0 aliphatic carbocycles. The quantitative estimate of drug-likeness (QED) is 0.878. The molecular formula is C17H19ClN2O2. The molecule has 0 bridgehead atoms. The molecule has 0 amide bonds. The molecule has 22 heavy (non-hydrogen) atoms. The third-order valence-corrected chi connectivity index (χ3v) is 4.05. The van der Waals surface area contributed by atoms with Crippen molar-refractivity contribution >= 4 is 23.0 Å². The van der Waals surface area contributed by atoms with Crippen LogP contribution >= 0.6 is 11.6 Å². The number of halogens is 1. The zero-order valence-electron chi connectivity index (χ0n) is 12.3. The number of hydrogen-bond acceptors (Lipinski definition) is 4. The molecule has 0 saturated carbocycles. The van der Waals surface area contributed by atoms with E-state index >= 15 is 0 Å². The number of nitrogens with zero attached hydrogens (tertiary/aromatic N) is 1. The summed E-state index contributed by atoms with van der Waals surface area (Å²) in [4.78, 5) is 2.25. The van der Waals surface area contributed by atoms with Crippen LogP contribution < -0.4 is 15.4 Å². The highest BCUT2D eigenvalue weighted by Crippen LogP contribution is 2.32. The van der Waals surface area contributed by atoms with Crippen molar-refractivity contribution in [2.75, 3.05) is 36.9 Å². The molecule has 0 radical (unpaired) electrons. The molecule has 5 heteroatoms. The van der Waals surface area contributed by atoms with E-state index in [4.69, 9.17) is 26.8 Å². The average molecular weight is 319 g/mol. The lowest BCUT2D eigenvalue weighted by atomic mass is 10.2. The first-order chi connectivity index (χ1) is 10.7. The smallest absolute Gasteiger partial charge is 0.145 e. The molecule has 2 aromatic carbocycles. The van der Waals surface area contributed by atoms with Crippen molar-refractivity contribution in [2.45, 2.75) is 6.61 Å². The summed E-state index contributed by atoms with van der Waals surface area (Å²) in [6, 6.07) is 13.4. The third kappa shape index (κ3) is 3.46. The van der Waals surface area contributed by atoms with Gasteiger partial charge in [-0.15, -0.1) is 0 Å². The summed E-state index contributed by atoms with van der Waals surface area (Å²) in [6.07, 6.45) is 0. The number of benzene rings is 2. The second-order valence-corrected chi connectivity index (χ2v) is 5.61. The number of morpholine rings is 1. The minimum Gasteiger partial charge on any atom is -0.487 e. The Bertz CT molecular complexity index is 642. The van der Waals surface area contributed by atoms with E-state index in [1.54, 1.807) is 0 Å². The van der Waals surface area contributed by atoms with Crippen LogP contribution in [0.5, 0.6) is 5.75 Å². The van der Waals surface area contributed by atoms with E-state index in [1.165, 1.54) is 0 Å².